The molecule has 1 aliphatic heterocycles. The van der Waals surface area contributed by atoms with Gasteiger partial charge in [0.2, 0.25) is 0 Å². The number of rotatable bonds is 5. The number of benzene rings is 1. The maximum atomic E-state index is 12.5. The zero-order chi connectivity index (χ0) is 20.4. The van der Waals surface area contributed by atoms with Crippen LogP contribution in [0.3, 0.4) is 0 Å². The lowest BCUT2D eigenvalue weighted by Gasteiger charge is -2.21. The SMILES string of the molecule is Cc1ccc(Cl)cc1N1CCC(CNC(=O)c2ccc(-c3ccco3)[nH]c2=O)C1. The van der Waals surface area contributed by atoms with Crippen molar-refractivity contribution in [3.63, 3.8) is 0 Å². The fraction of sp³-hybridized carbons (Fsp3) is 0.273. The van der Waals surface area contributed by atoms with E-state index in [4.69, 9.17) is 16.0 Å². The van der Waals surface area contributed by atoms with E-state index in [1.165, 1.54) is 17.9 Å². The number of H-pyrrole nitrogens is 1. The number of nitrogens with one attached hydrogen (secondary N) is 2. The van der Waals surface area contributed by atoms with Gasteiger partial charge in [-0.1, -0.05) is 17.7 Å². The molecular formula is C22H22ClN3O3. The first-order valence-electron chi connectivity index (χ1n) is 9.58. The van der Waals surface area contributed by atoms with Gasteiger partial charge in [0.25, 0.3) is 11.5 Å². The number of aromatic amines is 1. The van der Waals surface area contributed by atoms with Gasteiger partial charge < -0.3 is 19.6 Å². The average Bonchev–Trinajstić information content (AvgIpc) is 3.40. The topological polar surface area (TPSA) is 78.3 Å². The van der Waals surface area contributed by atoms with Crippen LogP contribution < -0.4 is 15.8 Å². The number of aromatic nitrogens is 1. The van der Waals surface area contributed by atoms with E-state index in [1.807, 2.05) is 18.2 Å². The lowest BCUT2D eigenvalue weighted by Crippen LogP contribution is -2.34. The lowest BCUT2D eigenvalue weighted by atomic mass is 10.1. The second kappa shape index (κ2) is 8.17. The summed E-state index contributed by atoms with van der Waals surface area (Å²) in [6, 6.07) is 12.6. The van der Waals surface area contributed by atoms with Gasteiger partial charge in [-0.2, -0.15) is 0 Å². The summed E-state index contributed by atoms with van der Waals surface area (Å²) in [5.74, 6) is 0.504. The molecule has 1 saturated heterocycles. The molecule has 0 bridgehead atoms. The van der Waals surface area contributed by atoms with Gasteiger partial charge in [-0.05, 0) is 61.2 Å². The fourth-order valence-electron chi connectivity index (χ4n) is 3.70. The Morgan fingerprint density at radius 1 is 1.31 bits per heavy atom. The summed E-state index contributed by atoms with van der Waals surface area (Å²) in [5, 5.41) is 3.62. The number of halogens is 1. The number of hydrogen-bond acceptors (Lipinski definition) is 4. The van der Waals surface area contributed by atoms with Gasteiger partial charge >= 0.3 is 0 Å². The number of amides is 1. The Balaban J connectivity index is 1.37. The quantitative estimate of drug-likeness (QED) is 0.668. The van der Waals surface area contributed by atoms with E-state index in [-0.39, 0.29) is 11.5 Å². The summed E-state index contributed by atoms with van der Waals surface area (Å²) >= 11 is 6.14. The molecule has 150 valence electrons. The van der Waals surface area contributed by atoms with Crippen LogP contribution in [0.4, 0.5) is 5.69 Å². The zero-order valence-corrected chi connectivity index (χ0v) is 16.8. The average molecular weight is 412 g/mol. The number of pyridine rings is 1. The van der Waals surface area contributed by atoms with Crippen LogP contribution in [-0.4, -0.2) is 30.5 Å². The normalized spacial score (nSPS) is 16.2. The Labute approximate surface area is 173 Å². The van der Waals surface area contributed by atoms with Gasteiger partial charge in [0, 0.05) is 30.3 Å². The van der Waals surface area contributed by atoms with Gasteiger partial charge in [0.05, 0.1) is 12.0 Å². The van der Waals surface area contributed by atoms with Crippen molar-refractivity contribution in [2.75, 3.05) is 24.5 Å². The largest absolute Gasteiger partial charge is 0.463 e. The monoisotopic (exact) mass is 411 g/mol. The number of anilines is 1. The summed E-state index contributed by atoms with van der Waals surface area (Å²) in [4.78, 5) is 29.8. The number of hydrogen-bond donors (Lipinski definition) is 2. The molecular weight excluding hydrogens is 390 g/mol. The molecule has 1 aliphatic rings. The van der Waals surface area contributed by atoms with Crippen LogP contribution in [0, 0.1) is 12.8 Å². The second-order valence-corrected chi connectivity index (χ2v) is 7.77. The van der Waals surface area contributed by atoms with Crippen molar-refractivity contribution in [3.8, 4) is 11.5 Å². The van der Waals surface area contributed by atoms with Crippen molar-refractivity contribution >= 4 is 23.2 Å². The van der Waals surface area contributed by atoms with Crippen LogP contribution >= 0.6 is 11.6 Å². The highest BCUT2D eigenvalue weighted by molar-refractivity contribution is 6.30. The summed E-state index contributed by atoms with van der Waals surface area (Å²) in [6.07, 6.45) is 2.50. The molecule has 1 fully saturated rings. The van der Waals surface area contributed by atoms with E-state index in [2.05, 4.69) is 22.1 Å². The van der Waals surface area contributed by atoms with Crippen molar-refractivity contribution in [3.05, 3.63) is 75.2 Å². The fourth-order valence-corrected chi connectivity index (χ4v) is 3.87. The van der Waals surface area contributed by atoms with Crippen LogP contribution in [0.15, 0.2) is 57.9 Å². The third-order valence-electron chi connectivity index (χ3n) is 5.29. The van der Waals surface area contributed by atoms with Crippen LogP contribution in [0.1, 0.15) is 22.3 Å². The van der Waals surface area contributed by atoms with E-state index in [0.29, 0.717) is 23.9 Å². The Morgan fingerprint density at radius 3 is 2.93 bits per heavy atom. The first kappa shape index (κ1) is 19.3. The first-order chi connectivity index (χ1) is 14.0. The summed E-state index contributed by atoms with van der Waals surface area (Å²) in [5.41, 5.74) is 2.53. The molecule has 3 heterocycles. The molecule has 0 aliphatic carbocycles. The highest BCUT2D eigenvalue weighted by atomic mass is 35.5. The molecule has 2 N–H and O–H groups in total. The maximum absolute atomic E-state index is 12.5. The van der Waals surface area contributed by atoms with Crippen LogP contribution in [0.25, 0.3) is 11.5 Å². The predicted octanol–water partition coefficient (Wildman–Crippen LogP) is 3.85. The second-order valence-electron chi connectivity index (χ2n) is 7.33. The van der Waals surface area contributed by atoms with E-state index >= 15 is 0 Å². The van der Waals surface area contributed by atoms with Crippen molar-refractivity contribution < 1.29 is 9.21 Å². The summed E-state index contributed by atoms with van der Waals surface area (Å²) in [7, 11) is 0. The van der Waals surface area contributed by atoms with Gasteiger partial charge in [0.1, 0.15) is 11.3 Å². The highest BCUT2D eigenvalue weighted by Crippen LogP contribution is 2.29. The van der Waals surface area contributed by atoms with E-state index < -0.39 is 5.56 Å². The Morgan fingerprint density at radius 2 is 2.17 bits per heavy atom. The molecule has 6 nitrogen and oxygen atoms in total. The number of carbonyl (C=O) groups excluding carboxylic acids is 1. The number of nitrogens with zero attached hydrogens (tertiary/aromatic N) is 1. The van der Waals surface area contributed by atoms with Crippen molar-refractivity contribution in [1.29, 1.82) is 0 Å². The molecule has 0 saturated carbocycles. The number of furan rings is 1. The lowest BCUT2D eigenvalue weighted by molar-refractivity contribution is 0.0946. The first-order valence-corrected chi connectivity index (χ1v) is 9.95. The third kappa shape index (κ3) is 4.22. The molecule has 1 unspecified atom stereocenters. The van der Waals surface area contributed by atoms with E-state index in [0.717, 1.165) is 30.2 Å². The minimum absolute atomic E-state index is 0.0980. The number of carbonyl (C=O) groups is 1. The summed E-state index contributed by atoms with van der Waals surface area (Å²) < 4.78 is 5.27. The van der Waals surface area contributed by atoms with E-state index in [9.17, 15) is 9.59 Å². The molecule has 7 heteroatoms. The van der Waals surface area contributed by atoms with Gasteiger partial charge in [-0.25, -0.2) is 0 Å². The van der Waals surface area contributed by atoms with Crippen molar-refractivity contribution in [2.24, 2.45) is 5.92 Å². The third-order valence-corrected chi connectivity index (χ3v) is 5.52. The minimum Gasteiger partial charge on any atom is -0.463 e. The molecule has 0 spiro atoms. The van der Waals surface area contributed by atoms with Gasteiger partial charge in [0.15, 0.2) is 0 Å². The van der Waals surface area contributed by atoms with Crippen molar-refractivity contribution in [2.45, 2.75) is 13.3 Å². The molecule has 1 aromatic carbocycles. The van der Waals surface area contributed by atoms with Gasteiger partial charge in [-0.15, -0.1) is 0 Å². The Bertz CT molecular complexity index is 1080. The minimum atomic E-state index is -0.431. The molecule has 0 radical (unpaired) electrons. The van der Waals surface area contributed by atoms with Crippen molar-refractivity contribution in [1.82, 2.24) is 10.3 Å². The molecule has 4 rings (SSSR count). The molecule has 1 atom stereocenters. The molecule has 2 aromatic heterocycles. The maximum Gasteiger partial charge on any atom is 0.261 e. The molecule has 3 aromatic rings. The zero-order valence-electron chi connectivity index (χ0n) is 16.1. The summed E-state index contributed by atoms with van der Waals surface area (Å²) in [6.45, 7) is 4.35. The van der Waals surface area contributed by atoms with Crippen LogP contribution in [0.5, 0.6) is 0 Å². The Kier molecular flexibility index (Phi) is 5.45. The smallest absolute Gasteiger partial charge is 0.261 e. The molecule has 1 amide bonds. The predicted molar refractivity (Wildman–Crippen MR) is 114 cm³/mol. The molecule has 29 heavy (non-hydrogen) atoms. The number of aryl methyl sites for hydroxylation is 1. The highest BCUT2D eigenvalue weighted by Gasteiger charge is 2.24. The standard InChI is InChI=1S/C22H22ClN3O3/c1-14-4-5-16(23)11-19(14)26-9-8-15(13-26)12-24-21(27)17-6-7-18(25-22(17)28)20-3-2-10-29-20/h2-7,10-11,15H,8-9,12-13H2,1H3,(H,24,27)(H,25,28). The van der Waals surface area contributed by atoms with Crippen LogP contribution in [-0.2, 0) is 0 Å². The van der Waals surface area contributed by atoms with Crippen LogP contribution in [0.2, 0.25) is 5.02 Å². The van der Waals surface area contributed by atoms with E-state index in [1.54, 1.807) is 18.2 Å². The Hall–Kier alpha value is -2.99. The van der Waals surface area contributed by atoms with Gasteiger partial charge in [-0.3, -0.25) is 9.59 Å².